The van der Waals surface area contributed by atoms with Gasteiger partial charge in [0.25, 0.3) is 0 Å². The van der Waals surface area contributed by atoms with Gasteiger partial charge in [-0.05, 0) is 42.3 Å². The van der Waals surface area contributed by atoms with Crippen LogP contribution in [0.3, 0.4) is 0 Å². The Morgan fingerprint density at radius 1 is 1.08 bits per heavy atom. The van der Waals surface area contributed by atoms with Crippen LogP contribution in [0.1, 0.15) is 11.1 Å². The summed E-state index contributed by atoms with van der Waals surface area (Å²) in [6.45, 7) is 1.11. The zero-order valence-corrected chi connectivity index (χ0v) is 14.5. The number of carbonyl (C=O) groups excluding carboxylic acids is 1. The van der Waals surface area contributed by atoms with E-state index >= 15 is 0 Å². The molecule has 0 fully saturated rings. The van der Waals surface area contributed by atoms with Crippen LogP contribution in [0.4, 0.5) is 4.39 Å². The van der Waals surface area contributed by atoms with Crippen molar-refractivity contribution in [2.75, 3.05) is 27.3 Å². The normalized spacial score (nSPS) is 10.4. The highest BCUT2D eigenvalue weighted by Crippen LogP contribution is 2.27. The van der Waals surface area contributed by atoms with Crippen molar-refractivity contribution >= 4 is 5.91 Å². The van der Waals surface area contributed by atoms with E-state index < -0.39 is 0 Å². The monoisotopic (exact) mass is 346 g/mol. The van der Waals surface area contributed by atoms with Crippen molar-refractivity contribution in [3.63, 3.8) is 0 Å². The number of rotatable bonds is 9. The fraction of sp³-hybridized carbons (Fsp3) is 0.316. The smallest absolute Gasteiger partial charge is 0.234 e. The number of carbonyl (C=O) groups is 1. The molecule has 6 heteroatoms. The number of benzene rings is 2. The molecule has 0 bridgehead atoms. The van der Waals surface area contributed by atoms with E-state index in [0.29, 0.717) is 36.6 Å². The highest BCUT2D eigenvalue weighted by molar-refractivity contribution is 5.78. The molecule has 0 atom stereocenters. The van der Waals surface area contributed by atoms with Crippen molar-refractivity contribution in [1.82, 2.24) is 10.6 Å². The summed E-state index contributed by atoms with van der Waals surface area (Å²) < 4.78 is 23.9. The zero-order chi connectivity index (χ0) is 18.1. The van der Waals surface area contributed by atoms with Crippen LogP contribution < -0.4 is 20.1 Å². The van der Waals surface area contributed by atoms with Gasteiger partial charge in [-0.25, -0.2) is 4.39 Å². The summed E-state index contributed by atoms with van der Waals surface area (Å²) in [7, 11) is 3.14. The lowest BCUT2D eigenvalue weighted by Crippen LogP contribution is -2.34. The second kappa shape index (κ2) is 9.64. The highest BCUT2D eigenvalue weighted by atomic mass is 19.1. The lowest BCUT2D eigenvalue weighted by atomic mass is 10.1. The van der Waals surface area contributed by atoms with Gasteiger partial charge in [0.05, 0.1) is 20.8 Å². The predicted molar refractivity (Wildman–Crippen MR) is 94.4 cm³/mol. The number of ether oxygens (including phenoxy) is 2. The number of nitrogens with one attached hydrogen (secondary N) is 2. The maximum atomic E-state index is 13.5. The van der Waals surface area contributed by atoms with Crippen molar-refractivity contribution in [2.24, 2.45) is 0 Å². The second-order valence-corrected chi connectivity index (χ2v) is 5.48. The molecular formula is C19H23FN2O3. The average molecular weight is 346 g/mol. The number of halogens is 1. The first kappa shape index (κ1) is 18.7. The fourth-order valence-electron chi connectivity index (χ4n) is 2.38. The lowest BCUT2D eigenvalue weighted by molar-refractivity contribution is -0.120. The van der Waals surface area contributed by atoms with Gasteiger partial charge in [-0.2, -0.15) is 0 Å². The molecule has 1 amide bonds. The van der Waals surface area contributed by atoms with E-state index in [1.54, 1.807) is 38.5 Å². The maximum absolute atomic E-state index is 13.5. The summed E-state index contributed by atoms with van der Waals surface area (Å²) >= 11 is 0. The Kier molecular flexibility index (Phi) is 7.22. The Morgan fingerprint density at radius 3 is 2.56 bits per heavy atom. The Hall–Kier alpha value is -2.60. The summed E-state index contributed by atoms with van der Waals surface area (Å²) in [6, 6.07) is 12.1. The molecule has 2 aromatic rings. The van der Waals surface area contributed by atoms with Gasteiger partial charge in [-0.3, -0.25) is 4.79 Å². The Labute approximate surface area is 147 Å². The first-order chi connectivity index (χ1) is 12.1. The molecule has 0 unspecified atom stereocenters. The molecule has 2 rings (SSSR count). The van der Waals surface area contributed by atoms with Crippen molar-refractivity contribution in [2.45, 2.75) is 13.0 Å². The van der Waals surface area contributed by atoms with Crippen LogP contribution in [0, 0.1) is 5.82 Å². The van der Waals surface area contributed by atoms with Crippen molar-refractivity contribution in [3.8, 4) is 11.5 Å². The van der Waals surface area contributed by atoms with Gasteiger partial charge in [0.1, 0.15) is 5.82 Å². The minimum absolute atomic E-state index is 0.122. The molecule has 25 heavy (non-hydrogen) atoms. The van der Waals surface area contributed by atoms with E-state index in [4.69, 9.17) is 9.47 Å². The molecule has 0 saturated heterocycles. The van der Waals surface area contributed by atoms with Crippen LogP contribution >= 0.6 is 0 Å². The topological polar surface area (TPSA) is 59.6 Å². The third kappa shape index (κ3) is 5.76. The molecule has 0 spiro atoms. The Bertz CT molecular complexity index is 707. The Morgan fingerprint density at radius 2 is 1.84 bits per heavy atom. The first-order valence-electron chi connectivity index (χ1n) is 8.05. The molecular weight excluding hydrogens is 323 g/mol. The second-order valence-electron chi connectivity index (χ2n) is 5.48. The van der Waals surface area contributed by atoms with Crippen LogP contribution in [-0.2, 0) is 17.8 Å². The van der Waals surface area contributed by atoms with Gasteiger partial charge in [-0.1, -0.05) is 24.3 Å². The summed E-state index contributed by atoms with van der Waals surface area (Å²) in [5.74, 6) is 0.926. The first-order valence-corrected chi connectivity index (χ1v) is 8.05. The van der Waals surface area contributed by atoms with Gasteiger partial charge in [0.15, 0.2) is 11.5 Å². The molecule has 0 radical (unpaired) electrons. The zero-order valence-electron chi connectivity index (χ0n) is 14.5. The quantitative estimate of drug-likeness (QED) is 0.684. The molecule has 0 aliphatic heterocycles. The molecule has 0 aromatic heterocycles. The third-order valence-corrected chi connectivity index (χ3v) is 3.75. The van der Waals surface area contributed by atoms with Gasteiger partial charge in [0.2, 0.25) is 5.91 Å². The molecule has 0 aliphatic rings. The van der Waals surface area contributed by atoms with Crippen LogP contribution in [0.25, 0.3) is 0 Å². The van der Waals surface area contributed by atoms with E-state index in [2.05, 4.69) is 10.6 Å². The van der Waals surface area contributed by atoms with E-state index in [1.807, 2.05) is 12.1 Å². The Balaban J connectivity index is 1.71. The fourth-order valence-corrected chi connectivity index (χ4v) is 2.38. The van der Waals surface area contributed by atoms with Crippen molar-refractivity contribution < 1.29 is 18.7 Å². The minimum atomic E-state index is -0.220. The van der Waals surface area contributed by atoms with Crippen LogP contribution in [0.2, 0.25) is 0 Å². The maximum Gasteiger partial charge on any atom is 0.234 e. The van der Waals surface area contributed by atoms with E-state index in [0.717, 1.165) is 5.56 Å². The molecule has 2 aromatic carbocycles. The summed E-state index contributed by atoms with van der Waals surface area (Å²) in [5, 5.41) is 5.84. The van der Waals surface area contributed by atoms with Crippen molar-refractivity contribution in [3.05, 3.63) is 59.4 Å². The summed E-state index contributed by atoms with van der Waals surface area (Å²) in [5.41, 5.74) is 1.55. The summed E-state index contributed by atoms with van der Waals surface area (Å²) in [6.07, 6.45) is 0.537. The minimum Gasteiger partial charge on any atom is -0.493 e. The standard InChI is InChI=1S/C19H23FN2O3/c1-24-17-8-7-14(11-18(17)25-2)12-22-19(23)13-21-10-9-15-5-3-4-6-16(15)20/h3-8,11,21H,9-10,12-13H2,1-2H3,(H,22,23). The molecule has 134 valence electrons. The SMILES string of the molecule is COc1ccc(CNC(=O)CNCCc2ccccc2F)cc1OC. The highest BCUT2D eigenvalue weighted by Gasteiger charge is 2.06. The number of amides is 1. The van der Waals surface area contributed by atoms with Gasteiger partial charge < -0.3 is 20.1 Å². The average Bonchev–Trinajstić information content (AvgIpc) is 2.64. The molecule has 2 N–H and O–H groups in total. The molecule has 0 saturated carbocycles. The van der Waals surface area contributed by atoms with Crippen LogP contribution in [0.5, 0.6) is 11.5 Å². The van der Waals surface area contributed by atoms with Crippen LogP contribution in [0.15, 0.2) is 42.5 Å². The van der Waals surface area contributed by atoms with E-state index in [9.17, 15) is 9.18 Å². The van der Waals surface area contributed by atoms with Gasteiger partial charge in [-0.15, -0.1) is 0 Å². The van der Waals surface area contributed by atoms with E-state index in [-0.39, 0.29) is 18.3 Å². The van der Waals surface area contributed by atoms with Gasteiger partial charge in [0, 0.05) is 6.54 Å². The molecule has 5 nitrogen and oxygen atoms in total. The lowest BCUT2D eigenvalue weighted by Gasteiger charge is -2.11. The number of hydrogen-bond acceptors (Lipinski definition) is 4. The third-order valence-electron chi connectivity index (χ3n) is 3.75. The molecule has 0 heterocycles. The molecule has 0 aliphatic carbocycles. The predicted octanol–water partition coefficient (Wildman–Crippen LogP) is 2.29. The largest absolute Gasteiger partial charge is 0.493 e. The van der Waals surface area contributed by atoms with Crippen molar-refractivity contribution in [1.29, 1.82) is 0 Å². The number of hydrogen-bond donors (Lipinski definition) is 2. The summed E-state index contributed by atoms with van der Waals surface area (Å²) in [4.78, 5) is 11.9. The van der Waals surface area contributed by atoms with E-state index in [1.165, 1.54) is 6.07 Å². The van der Waals surface area contributed by atoms with Crippen LogP contribution in [-0.4, -0.2) is 33.2 Å². The number of methoxy groups -OCH3 is 2. The van der Waals surface area contributed by atoms with Gasteiger partial charge >= 0.3 is 0 Å².